The summed E-state index contributed by atoms with van der Waals surface area (Å²) >= 11 is 0. The van der Waals surface area contributed by atoms with Gasteiger partial charge in [0.25, 0.3) is 0 Å². The first-order chi connectivity index (χ1) is 8.04. The summed E-state index contributed by atoms with van der Waals surface area (Å²) in [4.78, 5) is 11.8. The zero-order valence-corrected chi connectivity index (χ0v) is 10.7. The van der Waals surface area contributed by atoms with Gasteiger partial charge in [0.15, 0.2) is 5.78 Å². The molecule has 0 amide bonds. The van der Waals surface area contributed by atoms with Gasteiger partial charge in [0, 0.05) is 26.0 Å². The standard InChI is InChI=1S/C12H21N3O2/c1-9(2)15-6-4-10(14-15)8-12(16)11(13)5-7-17-3/h4,6,9,11H,5,7-8,13H2,1-3H3. The van der Waals surface area contributed by atoms with Gasteiger partial charge in [0.05, 0.1) is 18.2 Å². The monoisotopic (exact) mass is 239 g/mol. The van der Waals surface area contributed by atoms with Crippen LogP contribution in [0.3, 0.4) is 0 Å². The third kappa shape index (κ3) is 4.28. The van der Waals surface area contributed by atoms with Gasteiger partial charge >= 0.3 is 0 Å². The first-order valence-corrected chi connectivity index (χ1v) is 5.86. The predicted molar refractivity (Wildman–Crippen MR) is 65.8 cm³/mol. The number of ketones is 1. The fourth-order valence-corrected chi connectivity index (χ4v) is 1.47. The first kappa shape index (κ1) is 13.9. The summed E-state index contributed by atoms with van der Waals surface area (Å²) in [6.07, 6.45) is 2.73. The Bertz CT molecular complexity index is 360. The minimum Gasteiger partial charge on any atom is -0.385 e. The molecule has 1 aromatic rings. The van der Waals surface area contributed by atoms with Crippen molar-refractivity contribution in [1.82, 2.24) is 9.78 Å². The van der Waals surface area contributed by atoms with Crippen LogP contribution in [0.15, 0.2) is 12.3 Å². The number of nitrogens with zero attached hydrogens (tertiary/aromatic N) is 2. The number of methoxy groups -OCH3 is 1. The summed E-state index contributed by atoms with van der Waals surface area (Å²) in [7, 11) is 1.60. The van der Waals surface area contributed by atoms with Crippen LogP contribution in [-0.4, -0.2) is 35.3 Å². The van der Waals surface area contributed by atoms with Crippen LogP contribution in [-0.2, 0) is 16.0 Å². The molecule has 5 nitrogen and oxygen atoms in total. The summed E-state index contributed by atoms with van der Waals surface area (Å²) in [6, 6.07) is 1.71. The summed E-state index contributed by atoms with van der Waals surface area (Å²) in [5.74, 6) is 0.0102. The molecule has 1 aromatic heterocycles. The van der Waals surface area contributed by atoms with E-state index < -0.39 is 6.04 Å². The lowest BCUT2D eigenvalue weighted by Gasteiger charge is -2.08. The van der Waals surface area contributed by atoms with E-state index in [4.69, 9.17) is 10.5 Å². The van der Waals surface area contributed by atoms with E-state index in [1.807, 2.05) is 30.8 Å². The van der Waals surface area contributed by atoms with Gasteiger partial charge in [-0.1, -0.05) is 0 Å². The smallest absolute Gasteiger partial charge is 0.155 e. The number of nitrogens with two attached hydrogens (primary N) is 1. The van der Waals surface area contributed by atoms with Crippen molar-refractivity contribution < 1.29 is 9.53 Å². The summed E-state index contributed by atoms with van der Waals surface area (Å²) in [6.45, 7) is 4.60. The SMILES string of the molecule is COCCC(N)C(=O)Cc1ccn(C(C)C)n1. The van der Waals surface area contributed by atoms with E-state index in [0.29, 0.717) is 25.5 Å². The van der Waals surface area contributed by atoms with Crippen molar-refractivity contribution in [2.45, 2.75) is 38.8 Å². The zero-order valence-electron chi connectivity index (χ0n) is 10.7. The quantitative estimate of drug-likeness (QED) is 0.768. The van der Waals surface area contributed by atoms with Crippen molar-refractivity contribution in [2.24, 2.45) is 5.73 Å². The van der Waals surface area contributed by atoms with Crippen LogP contribution in [0.2, 0.25) is 0 Å². The lowest BCUT2D eigenvalue weighted by molar-refractivity contribution is -0.120. The lowest BCUT2D eigenvalue weighted by atomic mass is 10.1. The largest absolute Gasteiger partial charge is 0.385 e. The predicted octanol–water partition coefficient (Wildman–Crippen LogP) is 0.939. The number of rotatable bonds is 7. The molecular weight excluding hydrogens is 218 g/mol. The average molecular weight is 239 g/mol. The second kappa shape index (κ2) is 6.51. The third-order valence-electron chi connectivity index (χ3n) is 2.59. The maximum Gasteiger partial charge on any atom is 0.155 e. The van der Waals surface area contributed by atoms with Crippen molar-refractivity contribution in [3.63, 3.8) is 0 Å². The maximum absolute atomic E-state index is 11.8. The molecule has 1 atom stereocenters. The second-order valence-corrected chi connectivity index (χ2v) is 4.41. The highest BCUT2D eigenvalue weighted by Gasteiger charge is 2.15. The van der Waals surface area contributed by atoms with Gasteiger partial charge in [-0.2, -0.15) is 5.10 Å². The molecule has 0 spiro atoms. The van der Waals surface area contributed by atoms with E-state index in [-0.39, 0.29) is 5.78 Å². The Kier molecular flexibility index (Phi) is 5.31. The van der Waals surface area contributed by atoms with Crippen molar-refractivity contribution >= 4 is 5.78 Å². The molecule has 1 unspecified atom stereocenters. The molecule has 5 heteroatoms. The molecule has 0 fully saturated rings. The molecule has 0 saturated heterocycles. The summed E-state index contributed by atoms with van der Waals surface area (Å²) in [5.41, 5.74) is 6.53. The zero-order chi connectivity index (χ0) is 12.8. The van der Waals surface area contributed by atoms with E-state index in [1.54, 1.807) is 7.11 Å². The average Bonchev–Trinajstić information content (AvgIpc) is 2.74. The lowest BCUT2D eigenvalue weighted by Crippen LogP contribution is -2.33. The Morgan fingerprint density at radius 3 is 2.82 bits per heavy atom. The third-order valence-corrected chi connectivity index (χ3v) is 2.59. The molecule has 1 heterocycles. The van der Waals surface area contributed by atoms with Crippen LogP contribution >= 0.6 is 0 Å². The van der Waals surface area contributed by atoms with Crippen molar-refractivity contribution in [1.29, 1.82) is 0 Å². The second-order valence-electron chi connectivity index (χ2n) is 4.41. The van der Waals surface area contributed by atoms with Crippen LogP contribution in [0, 0.1) is 0 Å². The van der Waals surface area contributed by atoms with Crippen molar-refractivity contribution in [3.05, 3.63) is 18.0 Å². The van der Waals surface area contributed by atoms with Gasteiger partial charge < -0.3 is 10.5 Å². The highest BCUT2D eigenvalue weighted by molar-refractivity contribution is 5.85. The van der Waals surface area contributed by atoms with E-state index in [0.717, 1.165) is 5.69 Å². The normalized spacial score (nSPS) is 13.0. The van der Waals surface area contributed by atoms with Crippen LogP contribution in [0.1, 0.15) is 32.0 Å². The van der Waals surface area contributed by atoms with Gasteiger partial charge in [0.2, 0.25) is 0 Å². The van der Waals surface area contributed by atoms with Crippen LogP contribution in [0.25, 0.3) is 0 Å². The highest BCUT2D eigenvalue weighted by Crippen LogP contribution is 2.06. The Morgan fingerprint density at radius 1 is 1.59 bits per heavy atom. The fraction of sp³-hybridized carbons (Fsp3) is 0.667. The number of hydrogen-bond acceptors (Lipinski definition) is 4. The molecule has 0 radical (unpaired) electrons. The van der Waals surface area contributed by atoms with Gasteiger partial charge in [0.1, 0.15) is 0 Å². The molecule has 0 aliphatic rings. The fourth-order valence-electron chi connectivity index (χ4n) is 1.47. The Labute approximate surface area is 102 Å². The van der Waals surface area contributed by atoms with Crippen LogP contribution in [0.5, 0.6) is 0 Å². The topological polar surface area (TPSA) is 70.1 Å². The van der Waals surface area contributed by atoms with Crippen LogP contribution in [0.4, 0.5) is 0 Å². The molecule has 1 rings (SSSR count). The molecule has 0 aliphatic heterocycles. The highest BCUT2D eigenvalue weighted by atomic mass is 16.5. The van der Waals surface area contributed by atoms with Crippen molar-refractivity contribution in [2.75, 3.05) is 13.7 Å². The van der Waals surface area contributed by atoms with Gasteiger partial charge in [-0.3, -0.25) is 9.48 Å². The molecule has 0 bridgehead atoms. The van der Waals surface area contributed by atoms with E-state index >= 15 is 0 Å². The first-order valence-electron chi connectivity index (χ1n) is 5.86. The maximum atomic E-state index is 11.8. The number of carbonyl (C=O) groups is 1. The van der Waals surface area contributed by atoms with Gasteiger partial charge in [-0.15, -0.1) is 0 Å². The van der Waals surface area contributed by atoms with Crippen LogP contribution < -0.4 is 5.73 Å². The minimum atomic E-state index is -0.459. The Balaban J connectivity index is 2.49. The van der Waals surface area contributed by atoms with Gasteiger partial charge in [-0.05, 0) is 26.3 Å². The Morgan fingerprint density at radius 2 is 2.29 bits per heavy atom. The van der Waals surface area contributed by atoms with E-state index in [9.17, 15) is 4.79 Å². The molecule has 17 heavy (non-hydrogen) atoms. The number of ether oxygens (including phenoxy) is 1. The summed E-state index contributed by atoms with van der Waals surface area (Å²) < 4.78 is 6.73. The van der Waals surface area contributed by atoms with E-state index in [2.05, 4.69) is 5.10 Å². The number of hydrogen-bond donors (Lipinski definition) is 1. The number of aromatic nitrogens is 2. The Hall–Kier alpha value is -1.20. The molecule has 0 saturated carbocycles. The molecule has 0 aromatic carbocycles. The minimum absolute atomic E-state index is 0.0102. The molecule has 96 valence electrons. The summed E-state index contributed by atoms with van der Waals surface area (Å²) in [5, 5.41) is 4.32. The van der Waals surface area contributed by atoms with E-state index in [1.165, 1.54) is 0 Å². The van der Waals surface area contributed by atoms with Gasteiger partial charge in [-0.25, -0.2) is 0 Å². The van der Waals surface area contributed by atoms with Crippen molar-refractivity contribution in [3.8, 4) is 0 Å². The number of Topliss-reactive ketones (excluding diaryl/α,β-unsaturated/α-hetero) is 1. The molecule has 2 N–H and O–H groups in total. The molecule has 0 aliphatic carbocycles. The molecular formula is C12H21N3O2. The number of carbonyl (C=O) groups excluding carboxylic acids is 1.